The number of nitrogens with zero attached hydrogens (tertiary/aromatic N) is 2. The number of hydroxylamine groups is 2. The Labute approximate surface area is 115 Å². The number of aromatic nitrogens is 1. The summed E-state index contributed by atoms with van der Waals surface area (Å²) in [6.07, 6.45) is -0.186. The van der Waals surface area contributed by atoms with Crippen molar-refractivity contribution in [1.29, 1.82) is 0 Å². The SMILES string of the molecule is CON1C(=O)n2c(cc3c(C)cccc32)C1CC(=O)O. The second-order valence-electron chi connectivity index (χ2n) is 4.82. The molecule has 1 atom stereocenters. The molecule has 0 saturated heterocycles. The van der Waals surface area contributed by atoms with Crippen molar-refractivity contribution < 1.29 is 19.5 Å². The molecule has 104 valence electrons. The summed E-state index contributed by atoms with van der Waals surface area (Å²) in [5.41, 5.74) is 2.48. The van der Waals surface area contributed by atoms with Gasteiger partial charge in [0.1, 0.15) is 6.04 Å². The van der Waals surface area contributed by atoms with Gasteiger partial charge < -0.3 is 5.11 Å². The largest absolute Gasteiger partial charge is 0.481 e. The molecule has 1 amide bonds. The van der Waals surface area contributed by atoms with E-state index >= 15 is 0 Å². The molecule has 6 heteroatoms. The number of carbonyl (C=O) groups excluding carboxylic acids is 1. The van der Waals surface area contributed by atoms with Gasteiger partial charge in [-0.1, -0.05) is 12.1 Å². The third kappa shape index (κ3) is 1.61. The van der Waals surface area contributed by atoms with Crippen molar-refractivity contribution in [3.8, 4) is 0 Å². The maximum atomic E-state index is 12.4. The predicted molar refractivity (Wildman–Crippen MR) is 71.3 cm³/mol. The highest BCUT2D eigenvalue weighted by atomic mass is 16.7. The van der Waals surface area contributed by atoms with Gasteiger partial charge in [0.15, 0.2) is 0 Å². The van der Waals surface area contributed by atoms with Crippen LogP contribution in [0, 0.1) is 6.92 Å². The zero-order chi connectivity index (χ0) is 14.4. The van der Waals surface area contributed by atoms with Gasteiger partial charge in [0, 0.05) is 5.39 Å². The molecule has 0 fully saturated rings. The van der Waals surface area contributed by atoms with E-state index in [2.05, 4.69) is 0 Å². The Kier molecular flexibility index (Phi) is 2.76. The molecule has 2 aromatic rings. The normalized spacial score (nSPS) is 17.8. The number of benzene rings is 1. The number of aryl methyl sites for hydroxylation is 1. The van der Waals surface area contributed by atoms with Gasteiger partial charge in [-0.25, -0.2) is 4.79 Å². The van der Waals surface area contributed by atoms with Crippen molar-refractivity contribution in [2.45, 2.75) is 19.4 Å². The highest BCUT2D eigenvalue weighted by Gasteiger charge is 2.40. The quantitative estimate of drug-likeness (QED) is 0.932. The first-order valence-corrected chi connectivity index (χ1v) is 6.25. The Hall–Kier alpha value is -2.34. The summed E-state index contributed by atoms with van der Waals surface area (Å²) in [5, 5.41) is 11.1. The highest BCUT2D eigenvalue weighted by molar-refractivity contribution is 5.96. The lowest BCUT2D eigenvalue weighted by atomic mass is 10.1. The topological polar surface area (TPSA) is 71.8 Å². The predicted octanol–water partition coefficient (Wildman–Crippen LogP) is 2.31. The Morgan fingerprint density at radius 3 is 2.85 bits per heavy atom. The molecule has 1 aliphatic heterocycles. The van der Waals surface area contributed by atoms with Crippen LogP contribution in [0.5, 0.6) is 0 Å². The third-order valence-corrected chi connectivity index (χ3v) is 3.66. The molecule has 0 spiro atoms. The van der Waals surface area contributed by atoms with Gasteiger partial charge in [0.05, 0.1) is 24.7 Å². The number of carbonyl (C=O) groups is 2. The number of carboxylic acids is 1. The molecule has 1 aromatic heterocycles. The molecular weight excluding hydrogens is 260 g/mol. The summed E-state index contributed by atoms with van der Waals surface area (Å²) in [6, 6.07) is 6.60. The Balaban J connectivity index is 2.22. The van der Waals surface area contributed by atoms with Crippen LogP contribution in [0.25, 0.3) is 10.9 Å². The summed E-state index contributed by atoms with van der Waals surface area (Å²) < 4.78 is 1.53. The van der Waals surface area contributed by atoms with Crippen molar-refractivity contribution in [3.05, 3.63) is 35.5 Å². The lowest BCUT2D eigenvalue weighted by Crippen LogP contribution is -2.29. The van der Waals surface area contributed by atoms with Crippen molar-refractivity contribution in [2.24, 2.45) is 0 Å². The van der Waals surface area contributed by atoms with E-state index in [0.29, 0.717) is 5.69 Å². The third-order valence-electron chi connectivity index (χ3n) is 3.66. The minimum absolute atomic E-state index is 0.186. The summed E-state index contributed by atoms with van der Waals surface area (Å²) in [4.78, 5) is 28.4. The van der Waals surface area contributed by atoms with Crippen LogP contribution in [-0.4, -0.2) is 33.8 Å². The highest BCUT2D eigenvalue weighted by Crippen LogP contribution is 2.37. The standard InChI is InChI=1S/C14H14N2O4/c1-8-4-3-5-10-9(8)6-11-12(7-13(17)18)16(20-2)14(19)15(10)11/h3-6,12H,7H2,1-2H3,(H,17,18). The molecule has 0 aliphatic carbocycles. The van der Waals surface area contributed by atoms with E-state index in [9.17, 15) is 9.59 Å². The van der Waals surface area contributed by atoms with Crippen molar-refractivity contribution >= 4 is 22.9 Å². The van der Waals surface area contributed by atoms with E-state index in [1.807, 2.05) is 31.2 Å². The smallest absolute Gasteiger partial charge is 0.353 e. The maximum absolute atomic E-state index is 12.4. The van der Waals surface area contributed by atoms with Crippen molar-refractivity contribution in [3.63, 3.8) is 0 Å². The Morgan fingerprint density at radius 2 is 2.20 bits per heavy atom. The van der Waals surface area contributed by atoms with E-state index in [4.69, 9.17) is 9.94 Å². The second-order valence-corrected chi connectivity index (χ2v) is 4.82. The molecular formula is C14H14N2O4. The first kappa shape index (κ1) is 12.7. The fourth-order valence-electron chi connectivity index (χ4n) is 2.77. The van der Waals surface area contributed by atoms with E-state index in [1.54, 1.807) is 0 Å². The average Bonchev–Trinajstić information content (AvgIpc) is 2.88. The average molecular weight is 274 g/mol. The molecule has 2 heterocycles. The summed E-state index contributed by atoms with van der Waals surface area (Å²) in [6.45, 7) is 1.96. The summed E-state index contributed by atoms with van der Waals surface area (Å²) >= 11 is 0. The van der Waals surface area contributed by atoms with E-state index in [-0.39, 0.29) is 12.5 Å². The van der Waals surface area contributed by atoms with Crippen LogP contribution < -0.4 is 0 Å². The molecule has 1 aliphatic rings. The first-order valence-electron chi connectivity index (χ1n) is 6.25. The summed E-state index contributed by atoms with van der Waals surface area (Å²) in [5.74, 6) is -0.972. The molecule has 1 unspecified atom stereocenters. The van der Waals surface area contributed by atoms with Crippen molar-refractivity contribution in [1.82, 2.24) is 9.63 Å². The molecule has 20 heavy (non-hydrogen) atoms. The van der Waals surface area contributed by atoms with E-state index < -0.39 is 12.0 Å². The van der Waals surface area contributed by atoms with Gasteiger partial charge in [0.2, 0.25) is 0 Å². The number of amides is 1. The van der Waals surface area contributed by atoms with Crippen LogP contribution in [0.1, 0.15) is 23.7 Å². The Bertz CT molecular complexity index is 719. The van der Waals surface area contributed by atoms with Crippen LogP contribution in [-0.2, 0) is 9.63 Å². The van der Waals surface area contributed by atoms with E-state index in [1.165, 1.54) is 11.7 Å². The number of carboxylic acid groups (broad SMARTS) is 1. The van der Waals surface area contributed by atoms with Gasteiger partial charge in [-0.2, -0.15) is 5.06 Å². The lowest BCUT2D eigenvalue weighted by Gasteiger charge is -2.19. The molecule has 0 radical (unpaired) electrons. The van der Waals surface area contributed by atoms with Crippen LogP contribution in [0.3, 0.4) is 0 Å². The van der Waals surface area contributed by atoms with Gasteiger partial charge in [-0.3, -0.25) is 14.2 Å². The molecule has 0 bridgehead atoms. The van der Waals surface area contributed by atoms with Crippen LogP contribution in [0.2, 0.25) is 0 Å². The minimum Gasteiger partial charge on any atom is -0.481 e. The van der Waals surface area contributed by atoms with Crippen LogP contribution >= 0.6 is 0 Å². The second kappa shape index (κ2) is 4.35. The minimum atomic E-state index is -0.972. The lowest BCUT2D eigenvalue weighted by molar-refractivity contribution is -0.146. The zero-order valence-corrected chi connectivity index (χ0v) is 11.2. The first-order chi connectivity index (χ1) is 9.54. The number of hydrogen-bond acceptors (Lipinski definition) is 3. The van der Waals surface area contributed by atoms with Gasteiger partial charge in [0.25, 0.3) is 0 Å². The molecule has 1 N–H and O–H groups in total. The number of rotatable bonds is 3. The zero-order valence-electron chi connectivity index (χ0n) is 11.2. The molecule has 3 rings (SSSR count). The van der Waals surface area contributed by atoms with Gasteiger partial charge in [-0.05, 0) is 24.6 Å². The molecule has 1 aromatic carbocycles. The maximum Gasteiger partial charge on any atom is 0.353 e. The molecule has 6 nitrogen and oxygen atoms in total. The fraction of sp³-hybridized carbons (Fsp3) is 0.286. The van der Waals surface area contributed by atoms with Gasteiger partial charge in [-0.15, -0.1) is 0 Å². The fourth-order valence-corrected chi connectivity index (χ4v) is 2.77. The van der Waals surface area contributed by atoms with Crippen LogP contribution in [0.15, 0.2) is 24.3 Å². The number of hydrogen-bond donors (Lipinski definition) is 1. The summed E-state index contributed by atoms with van der Waals surface area (Å²) in [7, 11) is 1.37. The van der Waals surface area contributed by atoms with Crippen LogP contribution in [0.4, 0.5) is 4.79 Å². The van der Waals surface area contributed by atoms with Crippen molar-refractivity contribution in [2.75, 3.05) is 7.11 Å². The number of aliphatic carboxylic acids is 1. The van der Waals surface area contributed by atoms with Gasteiger partial charge >= 0.3 is 12.0 Å². The monoisotopic (exact) mass is 274 g/mol. The number of fused-ring (bicyclic) bond motifs is 3. The van der Waals surface area contributed by atoms with E-state index in [0.717, 1.165) is 21.5 Å². The Morgan fingerprint density at radius 1 is 1.45 bits per heavy atom. The molecule has 0 saturated carbocycles.